The first kappa shape index (κ1) is 20.4. The summed E-state index contributed by atoms with van der Waals surface area (Å²) < 4.78 is 27.9. The van der Waals surface area contributed by atoms with Crippen molar-refractivity contribution < 1.29 is 8.42 Å². The van der Waals surface area contributed by atoms with Crippen LogP contribution in [0.3, 0.4) is 0 Å². The molecule has 4 nitrogen and oxygen atoms in total. The molecule has 0 spiro atoms. The molecule has 142 valence electrons. The van der Waals surface area contributed by atoms with Crippen molar-refractivity contribution >= 4 is 33.2 Å². The highest BCUT2D eigenvalue weighted by atomic mass is 35.5. The van der Waals surface area contributed by atoms with Gasteiger partial charge in [0.15, 0.2) is 0 Å². The predicted octanol–water partition coefficient (Wildman–Crippen LogP) is 5.26. The summed E-state index contributed by atoms with van der Waals surface area (Å²) in [5, 5.41) is 10.0. The van der Waals surface area contributed by atoms with Gasteiger partial charge in [0, 0.05) is 23.1 Å². The van der Waals surface area contributed by atoms with Crippen LogP contribution >= 0.6 is 23.2 Å². The highest BCUT2D eigenvalue weighted by molar-refractivity contribution is 7.89. The maximum Gasteiger partial charge on any atom is 0.243 e. The van der Waals surface area contributed by atoms with Crippen molar-refractivity contribution in [3.63, 3.8) is 0 Å². The lowest BCUT2D eigenvalue weighted by molar-refractivity contribution is 0.401. The Morgan fingerprint density at radius 3 is 1.64 bits per heavy atom. The molecule has 0 N–H and O–H groups in total. The normalized spacial score (nSPS) is 11.4. The zero-order valence-electron chi connectivity index (χ0n) is 14.7. The molecule has 0 fully saturated rings. The topological polar surface area (TPSA) is 61.2 Å². The minimum atomic E-state index is -3.76. The molecular weight excluding hydrogens is 415 g/mol. The lowest BCUT2D eigenvalue weighted by atomic mass is 10.1. The van der Waals surface area contributed by atoms with Gasteiger partial charge >= 0.3 is 0 Å². The Bertz CT molecular complexity index is 1090. The van der Waals surface area contributed by atoms with Crippen LogP contribution in [-0.4, -0.2) is 12.7 Å². The summed E-state index contributed by atoms with van der Waals surface area (Å²) >= 11 is 11.8. The zero-order chi connectivity index (χ0) is 20.1. The molecule has 0 aliphatic heterocycles. The molecule has 0 saturated heterocycles. The number of benzene rings is 3. The number of nitriles is 1. The lowest BCUT2D eigenvalue weighted by Gasteiger charge is -2.23. The van der Waals surface area contributed by atoms with E-state index in [1.807, 2.05) is 0 Å². The molecule has 0 saturated carbocycles. The summed E-state index contributed by atoms with van der Waals surface area (Å²) in [7, 11) is -3.76. The van der Waals surface area contributed by atoms with E-state index in [0.717, 1.165) is 11.1 Å². The van der Waals surface area contributed by atoms with Gasteiger partial charge in [0.25, 0.3) is 0 Å². The average molecular weight is 431 g/mol. The number of sulfonamides is 1. The Morgan fingerprint density at radius 1 is 0.750 bits per heavy atom. The van der Waals surface area contributed by atoms with E-state index in [-0.39, 0.29) is 18.0 Å². The van der Waals surface area contributed by atoms with Crippen LogP contribution in [0.5, 0.6) is 0 Å². The molecule has 0 unspecified atom stereocenters. The smallest absolute Gasteiger partial charge is 0.207 e. The molecular formula is C21H16Cl2N2O2S. The molecule has 3 aromatic rings. The average Bonchev–Trinajstić information content (AvgIpc) is 2.70. The number of halogens is 2. The van der Waals surface area contributed by atoms with E-state index in [9.17, 15) is 8.42 Å². The summed E-state index contributed by atoms with van der Waals surface area (Å²) in [5.74, 6) is 0. The number of nitrogens with zero attached hydrogens (tertiary/aromatic N) is 2. The molecule has 0 aromatic heterocycles. The van der Waals surface area contributed by atoms with E-state index in [4.69, 9.17) is 28.5 Å². The van der Waals surface area contributed by atoms with E-state index in [1.54, 1.807) is 60.7 Å². The van der Waals surface area contributed by atoms with Gasteiger partial charge in [0.1, 0.15) is 0 Å². The monoisotopic (exact) mass is 430 g/mol. The molecule has 0 aliphatic carbocycles. The lowest BCUT2D eigenvalue weighted by Crippen LogP contribution is -2.30. The molecule has 7 heteroatoms. The SMILES string of the molecule is N#Cc1ccc(CN(Cc2ccc(Cl)cc2)S(=O)(=O)c2ccc(Cl)cc2)cc1. The summed E-state index contributed by atoms with van der Waals surface area (Å²) in [5.41, 5.74) is 2.12. The molecule has 0 aliphatic rings. The van der Waals surface area contributed by atoms with E-state index in [2.05, 4.69) is 6.07 Å². The third-order valence-electron chi connectivity index (χ3n) is 4.17. The fourth-order valence-corrected chi connectivity index (χ4v) is 4.33. The van der Waals surface area contributed by atoms with Gasteiger partial charge in [0.05, 0.1) is 16.5 Å². The summed E-state index contributed by atoms with van der Waals surface area (Å²) in [4.78, 5) is 0.166. The van der Waals surface area contributed by atoms with E-state index in [1.165, 1.54) is 16.4 Å². The molecule has 0 radical (unpaired) electrons. The molecule has 0 atom stereocenters. The Morgan fingerprint density at radius 2 is 1.18 bits per heavy atom. The third kappa shape index (κ3) is 4.92. The van der Waals surface area contributed by atoms with E-state index in [0.29, 0.717) is 15.6 Å². The van der Waals surface area contributed by atoms with Crippen molar-refractivity contribution in [2.75, 3.05) is 0 Å². The molecule has 0 bridgehead atoms. The molecule has 3 rings (SSSR count). The van der Waals surface area contributed by atoms with E-state index < -0.39 is 10.0 Å². The van der Waals surface area contributed by atoms with Gasteiger partial charge in [-0.15, -0.1) is 0 Å². The van der Waals surface area contributed by atoms with Crippen molar-refractivity contribution in [2.24, 2.45) is 0 Å². The zero-order valence-corrected chi connectivity index (χ0v) is 17.0. The van der Waals surface area contributed by atoms with Crippen molar-refractivity contribution in [1.29, 1.82) is 5.26 Å². The quantitative estimate of drug-likeness (QED) is 0.535. The summed E-state index contributed by atoms with van der Waals surface area (Å²) in [6.45, 7) is 0.349. The molecule has 28 heavy (non-hydrogen) atoms. The van der Waals surface area contributed by atoms with Crippen molar-refractivity contribution in [3.05, 3.63) is 99.5 Å². The van der Waals surface area contributed by atoms with Crippen LogP contribution in [0.25, 0.3) is 0 Å². The van der Waals surface area contributed by atoms with Crippen LogP contribution in [0.15, 0.2) is 77.7 Å². The van der Waals surface area contributed by atoms with E-state index >= 15 is 0 Å². The largest absolute Gasteiger partial charge is 0.243 e. The number of hydrogen-bond acceptors (Lipinski definition) is 3. The Labute approximate surface area is 174 Å². The molecule has 0 heterocycles. The van der Waals surface area contributed by atoms with Crippen molar-refractivity contribution in [3.8, 4) is 6.07 Å². The maximum atomic E-state index is 13.2. The van der Waals surface area contributed by atoms with Gasteiger partial charge in [-0.05, 0) is 59.7 Å². The summed E-state index contributed by atoms with van der Waals surface area (Å²) in [6, 6.07) is 22.0. The molecule has 0 amide bonds. The predicted molar refractivity (Wildman–Crippen MR) is 110 cm³/mol. The highest BCUT2D eigenvalue weighted by Gasteiger charge is 2.25. The Balaban J connectivity index is 1.95. The number of hydrogen-bond donors (Lipinski definition) is 0. The maximum absolute atomic E-state index is 13.2. The second-order valence-electron chi connectivity index (χ2n) is 6.16. The van der Waals surface area contributed by atoms with Gasteiger partial charge in [-0.2, -0.15) is 9.57 Å². The Hall–Kier alpha value is -2.36. The first-order chi connectivity index (χ1) is 13.4. The Kier molecular flexibility index (Phi) is 6.38. The third-order valence-corrected chi connectivity index (χ3v) is 6.48. The highest BCUT2D eigenvalue weighted by Crippen LogP contribution is 2.23. The first-order valence-electron chi connectivity index (χ1n) is 8.38. The van der Waals surface area contributed by atoms with Crippen LogP contribution < -0.4 is 0 Å². The number of rotatable bonds is 6. The van der Waals surface area contributed by atoms with Crippen LogP contribution in [-0.2, 0) is 23.1 Å². The second-order valence-corrected chi connectivity index (χ2v) is 8.97. The van der Waals surface area contributed by atoms with Gasteiger partial charge in [-0.1, -0.05) is 47.5 Å². The van der Waals surface area contributed by atoms with Crippen LogP contribution in [0, 0.1) is 11.3 Å². The second kappa shape index (κ2) is 8.76. The van der Waals surface area contributed by atoms with Crippen LogP contribution in [0.4, 0.5) is 0 Å². The van der Waals surface area contributed by atoms with Gasteiger partial charge in [0.2, 0.25) is 10.0 Å². The van der Waals surface area contributed by atoms with Gasteiger partial charge in [-0.25, -0.2) is 8.42 Å². The minimum absolute atomic E-state index is 0.166. The van der Waals surface area contributed by atoms with Crippen LogP contribution in [0.1, 0.15) is 16.7 Å². The summed E-state index contributed by atoms with van der Waals surface area (Å²) in [6.07, 6.45) is 0. The van der Waals surface area contributed by atoms with Crippen LogP contribution in [0.2, 0.25) is 10.0 Å². The van der Waals surface area contributed by atoms with Gasteiger partial charge < -0.3 is 0 Å². The first-order valence-corrected chi connectivity index (χ1v) is 10.6. The van der Waals surface area contributed by atoms with Crippen molar-refractivity contribution in [2.45, 2.75) is 18.0 Å². The van der Waals surface area contributed by atoms with Crippen molar-refractivity contribution in [1.82, 2.24) is 4.31 Å². The molecule has 3 aromatic carbocycles. The van der Waals surface area contributed by atoms with Gasteiger partial charge in [-0.3, -0.25) is 0 Å². The fourth-order valence-electron chi connectivity index (χ4n) is 2.66. The minimum Gasteiger partial charge on any atom is -0.207 e. The standard InChI is InChI=1S/C21H16Cl2N2O2S/c22-19-7-5-18(6-8-19)15-25(14-17-3-1-16(13-24)2-4-17)28(26,27)21-11-9-20(23)10-12-21/h1-12H,14-15H2. The fraction of sp³-hybridized carbons (Fsp3) is 0.0952.